The van der Waals surface area contributed by atoms with Crippen molar-refractivity contribution in [1.82, 2.24) is 0 Å². The van der Waals surface area contributed by atoms with Gasteiger partial charge in [0.2, 0.25) is 0 Å². The van der Waals surface area contributed by atoms with Gasteiger partial charge in [-0.3, -0.25) is 4.79 Å². The Morgan fingerprint density at radius 1 is 0.838 bits per heavy atom. The van der Waals surface area contributed by atoms with Gasteiger partial charge in [0.1, 0.15) is 11.5 Å². The molecular weight excluding hydrogens is 468 g/mol. The fraction of sp³-hybridized carbons (Fsp3) is 0.441. The van der Waals surface area contributed by atoms with Gasteiger partial charge in [0.25, 0.3) is 0 Å². The van der Waals surface area contributed by atoms with Crippen LogP contribution in [0.1, 0.15) is 76.8 Å². The number of fused-ring (bicyclic) bond motifs is 5. The molecule has 0 aliphatic heterocycles. The molecule has 0 heterocycles. The number of ketones is 1. The quantitative estimate of drug-likeness (QED) is 0.353. The minimum Gasteiger partial charge on any atom is -0.534 e. The molecule has 3 aromatic carbocycles. The van der Waals surface area contributed by atoms with Crippen molar-refractivity contribution in [3.05, 3.63) is 90.0 Å². The maximum Gasteiger partial charge on any atom is 0.319 e. The summed E-state index contributed by atoms with van der Waals surface area (Å²) in [5, 5.41) is 2.56. The van der Waals surface area contributed by atoms with E-state index in [0.29, 0.717) is 23.5 Å². The van der Waals surface area contributed by atoms with E-state index in [-0.39, 0.29) is 10.5 Å². The van der Waals surface area contributed by atoms with Crippen LogP contribution in [0.2, 0.25) is 5.04 Å². The predicted molar refractivity (Wildman–Crippen MR) is 154 cm³/mol. The SMILES string of the molecule is CC(C)(C)[Si](Oc1ccc2c(c1)CCC1C2CC[C@]2(C)C(=O)CCC12)(c1ccccc1)c1ccccc1. The van der Waals surface area contributed by atoms with E-state index in [1.807, 2.05) is 0 Å². The van der Waals surface area contributed by atoms with Gasteiger partial charge in [0.05, 0.1) is 0 Å². The van der Waals surface area contributed by atoms with Crippen molar-refractivity contribution in [3.63, 3.8) is 0 Å². The summed E-state index contributed by atoms with van der Waals surface area (Å²) < 4.78 is 7.33. The predicted octanol–water partition coefficient (Wildman–Crippen LogP) is 7.05. The number of carbonyl (C=O) groups excluding carboxylic acids is 1. The number of hydrogen-bond donors (Lipinski definition) is 0. The van der Waals surface area contributed by atoms with Crippen molar-refractivity contribution < 1.29 is 9.22 Å². The van der Waals surface area contributed by atoms with E-state index in [0.717, 1.165) is 37.9 Å². The Morgan fingerprint density at radius 3 is 2.11 bits per heavy atom. The molecule has 3 aliphatic carbocycles. The molecule has 192 valence electrons. The molecule has 0 radical (unpaired) electrons. The second-order valence-electron chi connectivity index (χ2n) is 13.0. The second kappa shape index (κ2) is 8.98. The number of carbonyl (C=O) groups is 1. The summed E-state index contributed by atoms with van der Waals surface area (Å²) in [7, 11) is -2.64. The van der Waals surface area contributed by atoms with Crippen molar-refractivity contribution in [2.24, 2.45) is 17.3 Å². The normalized spacial score (nSPS) is 27.2. The van der Waals surface area contributed by atoms with Crippen LogP contribution in [0.4, 0.5) is 0 Å². The molecule has 4 atom stereocenters. The van der Waals surface area contributed by atoms with Crippen molar-refractivity contribution in [1.29, 1.82) is 0 Å². The molecule has 3 aliphatic rings. The van der Waals surface area contributed by atoms with Gasteiger partial charge >= 0.3 is 8.32 Å². The van der Waals surface area contributed by atoms with E-state index >= 15 is 0 Å². The molecule has 0 saturated heterocycles. The van der Waals surface area contributed by atoms with Crippen LogP contribution in [-0.2, 0) is 11.2 Å². The lowest BCUT2D eigenvalue weighted by atomic mass is 9.55. The Labute approximate surface area is 223 Å². The van der Waals surface area contributed by atoms with E-state index in [1.165, 1.54) is 27.9 Å². The highest BCUT2D eigenvalue weighted by molar-refractivity contribution is 7.00. The van der Waals surface area contributed by atoms with Gasteiger partial charge in [0.15, 0.2) is 0 Å². The minimum atomic E-state index is -2.64. The zero-order valence-electron chi connectivity index (χ0n) is 22.8. The van der Waals surface area contributed by atoms with E-state index in [2.05, 4.69) is 107 Å². The van der Waals surface area contributed by atoms with Gasteiger partial charge < -0.3 is 4.43 Å². The second-order valence-corrected chi connectivity index (χ2v) is 17.2. The van der Waals surface area contributed by atoms with Crippen molar-refractivity contribution >= 4 is 24.5 Å². The molecular formula is C34H40O2Si. The van der Waals surface area contributed by atoms with E-state index in [9.17, 15) is 4.79 Å². The highest BCUT2D eigenvalue weighted by atomic mass is 28.4. The number of hydrogen-bond acceptors (Lipinski definition) is 2. The number of Topliss-reactive ketones (excluding diaryl/α,β-unsaturated/α-hetero) is 1. The molecule has 2 fully saturated rings. The van der Waals surface area contributed by atoms with Crippen LogP contribution < -0.4 is 14.8 Å². The number of rotatable bonds is 4. The van der Waals surface area contributed by atoms with Gasteiger partial charge in [-0.1, -0.05) is 94.4 Å². The van der Waals surface area contributed by atoms with Crippen molar-refractivity contribution in [2.45, 2.75) is 77.2 Å². The summed E-state index contributed by atoms with van der Waals surface area (Å²) in [5.41, 5.74) is 2.92. The summed E-state index contributed by atoms with van der Waals surface area (Å²) >= 11 is 0. The first-order chi connectivity index (χ1) is 17.7. The lowest BCUT2D eigenvalue weighted by molar-refractivity contribution is -0.129. The van der Waals surface area contributed by atoms with Crippen molar-refractivity contribution in [2.75, 3.05) is 0 Å². The van der Waals surface area contributed by atoms with E-state index in [1.54, 1.807) is 0 Å². The van der Waals surface area contributed by atoms with Gasteiger partial charge in [-0.25, -0.2) is 0 Å². The molecule has 3 unspecified atom stereocenters. The molecule has 0 bridgehead atoms. The molecule has 2 saturated carbocycles. The van der Waals surface area contributed by atoms with E-state index < -0.39 is 8.32 Å². The zero-order chi connectivity index (χ0) is 25.8. The van der Waals surface area contributed by atoms with Gasteiger partial charge in [-0.05, 0) is 88.5 Å². The first kappa shape index (κ1) is 24.7. The van der Waals surface area contributed by atoms with Crippen LogP contribution in [0.15, 0.2) is 78.9 Å². The summed E-state index contributed by atoms with van der Waals surface area (Å²) in [5.74, 6) is 3.34. The number of benzene rings is 3. The van der Waals surface area contributed by atoms with Gasteiger partial charge in [-0.2, -0.15) is 0 Å². The molecule has 2 nitrogen and oxygen atoms in total. The molecule has 3 heteroatoms. The summed E-state index contributed by atoms with van der Waals surface area (Å²) in [6.45, 7) is 9.28. The Morgan fingerprint density at radius 2 is 1.49 bits per heavy atom. The average molecular weight is 509 g/mol. The third-order valence-corrected chi connectivity index (χ3v) is 15.0. The smallest absolute Gasteiger partial charge is 0.319 e. The fourth-order valence-corrected chi connectivity index (χ4v) is 12.6. The van der Waals surface area contributed by atoms with Crippen LogP contribution in [0.25, 0.3) is 0 Å². The number of aryl methyl sites for hydroxylation is 1. The van der Waals surface area contributed by atoms with Crippen LogP contribution in [0.5, 0.6) is 5.75 Å². The molecule has 0 spiro atoms. The summed E-state index contributed by atoms with van der Waals surface area (Å²) in [6.07, 6.45) is 6.38. The molecule has 0 aromatic heterocycles. The summed E-state index contributed by atoms with van der Waals surface area (Å²) in [4.78, 5) is 12.7. The lowest BCUT2D eigenvalue weighted by Gasteiger charge is -2.48. The third-order valence-electron chi connectivity index (χ3n) is 10.1. The average Bonchev–Trinajstić information content (AvgIpc) is 3.21. The first-order valence-corrected chi connectivity index (χ1v) is 16.1. The first-order valence-electron chi connectivity index (χ1n) is 14.2. The van der Waals surface area contributed by atoms with E-state index in [4.69, 9.17) is 4.43 Å². The Bertz CT molecular complexity index is 1250. The van der Waals surface area contributed by atoms with Crippen LogP contribution in [0, 0.1) is 17.3 Å². The Balaban J connectivity index is 1.38. The van der Waals surface area contributed by atoms with Crippen LogP contribution in [0.3, 0.4) is 0 Å². The Kier molecular flexibility index (Phi) is 5.99. The highest BCUT2D eigenvalue weighted by Crippen LogP contribution is 2.59. The van der Waals surface area contributed by atoms with Gasteiger partial charge in [0, 0.05) is 11.8 Å². The molecule has 37 heavy (non-hydrogen) atoms. The maximum atomic E-state index is 12.7. The highest BCUT2D eigenvalue weighted by Gasteiger charge is 2.55. The topological polar surface area (TPSA) is 26.3 Å². The standard InChI is InChI=1S/C34H40O2Si/c1-33(2,3)37(26-11-7-5-8-12-26,27-13-9-6-10-14-27)36-25-16-18-28-24(23-25)15-17-30-29(28)21-22-34(4)31(30)19-20-32(34)35/h5-14,16,18,23,29-31H,15,17,19-22H2,1-4H3/t29?,30?,31?,34-/m0/s1. The van der Waals surface area contributed by atoms with Crippen molar-refractivity contribution in [3.8, 4) is 5.75 Å². The molecule has 6 rings (SSSR count). The molecule has 3 aromatic rings. The maximum absolute atomic E-state index is 12.7. The Hall–Kier alpha value is -2.65. The lowest BCUT2D eigenvalue weighted by Crippen LogP contribution is -2.68. The van der Waals surface area contributed by atoms with Gasteiger partial charge in [-0.15, -0.1) is 0 Å². The largest absolute Gasteiger partial charge is 0.534 e. The fourth-order valence-electron chi connectivity index (χ4n) is 8.22. The van der Waals surface area contributed by atoms with Crippen LogP contribution >= 0.6 is 0 Å². The summed E-state index contributed by atoms with van der Waals surface area (Å²) in [6, 6.07) is 28.8. The monoisotopic (exact) mass is 508 g/mol. The van der Waals surface area contributed by atoms with Crippen LogP contribution in [-0.4, -0.2) is 14.1 Å². The third kappa shape index (κ3) is 3.84. The molecule has 0 N–H and O–H groups in total. The minimum absolute atomic E-state index is 0.0560. The molecule has 0 amide bonds. The zero-order valence-corrected chi connectivity index (χ0v) is 23.8.